The molecule has 0 aliphatic carbocycles. The molecule has 2 rings (SSSR count). The molecule has 5 N–H and O–H groups in total. The Morgan fingerprint density at radius 1 is 1.21 bits per heavy atom. The van der Waals surface area contributed by atoms with Crippen LogP contribution < -0.4 is 17.0 Å². The number of anilines is 1. The Hall–Kier alpha value is -1.91. The molecule has 19 heavy (non-hydrogen) atoms. The normalized spacial score (nSPS) is 12.3. The van der Waals surface area contributed by atoms with Gasteiger partial charge in [0.25, 0.3) is 0 Å². The van der Waals surface area contributed by atoms with E-state index in [2.05, 4.69) is 41.6 Å². The van der Waals surface area contributed by atoms with Crippen LogP contribution in [-0.2, 0) is 12.8 Å². The van der Waals surface area contributed by atoms with E-state index in [9.17, 15) is 0 Å². The van der Waals surface area contributed by atoms with Gasteiger partial charge in [-0.05, 0) is 35.6 Å². The van der Waals surface area contributed by atoms with Crippen LogP contribution in [0, 0.1) is 0 Å². The molecule has 4 heteroatoms. The van der Waals surface area contributed by atoms with E-state index in [1.54, 1.807) is 12.4 Å². The van der Waals surface area contributed by atoms with Gasteiger partial charge in [-0.25, -0.2) is 0 Å². The molecular formula is C15H20N4. The predicted molar refractivity (Wildman–Crippen MR) is 78.2 cm³/mol. The highest BCUT2D eigenvalue weighted by Crippen LogP contribution is 2.21. The third kappa shape index (κ3) is 3.30. The summed E-state index contributed by atoms with van der Waals surface area (Å²) < 4.78 is 0. The number of benzene rings is 1. The molecule has 1 aromatic heterocycles. The van der Waals surface area contributed by atoms with E-state index < -0.39 is 0 Å². The van der Waals surface area contributed by atoms with Crippen LogP contribution in [-0.4, -0.2) is 4.98 Å². The molecule has 0 amide bonds. The summed E-state index contributed by atoms with van der Waals surface area (Å²) in [4.78, 5) is 4.11. The summed E-state index contributed by atoms with van der Waals surface area (Å²) in [7, 11) is 0. The van der Waals surface area contributed by atoms with Gasteiger partial charge < -0.3 is 5.73 Å². The van der Waals surface area contributed by atoms with Crippen LogP contribution >= 0.6 is 0 Å². The highest BCUT2D eigenvalue weighted by molar-refractivity contribution is 5.45. The number of nitrogens with two attached hydrogens (primary N) is 2. The highest BCUT2D eigenvalue weighted by atomic mass is 15.2. The molecule has 100 valence electrons. The maximum atomic E-state index is 5.94. The van der Waals surface area contributed by atoms with E-state index in [1.165, 1.54) is 5.56 Å². The zero-order valence-electron chi connectivity index (χ0n) is 11.1. The number of hydrogen-bond donors (Lipinski definition) is 3. The van der Waals surface area contributed by atoms with Gasteiger partial charge in [-0.2, -0.15) is 0 Å². The quantitative estimate of drug-likeness (QED) is 0.564. The largest absolute Gasteiger partial charge is 0.398 e. The number of aromatic nitrogens is 1. The summed E-state index contributed by atoms with van der Waals surface area (Å²) in [6.07, 6.45) is 5.25. The molecule has 0 bridgehead atoms. The number of nitrogen functional groups attached to an aromatic ring is 1. The van der Waals surface area contributed by atoms with Gasteiger partial charge in [-0.15, -0.1) is 0 Å². The van der Waals surface area contributed by atoms with Gasteiger partial charge in [-0.3, -0.25) is 16.3 Å². The van der Waals surface area contributed by atoms with E-state index in [-0.39, 0.29) is 6.04 Å². The summed E-state index contributed by atoms with van der Waals surface area (Å²) >= 11 is 0. The highest BCUT2D eigenvalue weighted by Gasteiger charge is 2.12. The second-order valence-electron chi connectivity index (χ2n) is 4.59. The lowest BCUT2D eigenvalue weighted by molar-refractivity contribution is 0.552. The molecule has 1 unspecified atom stereocenters. The van der Waals surface area contributed by atoms with Crippen molar-refractivity contribution in [3.63, 3.8) is 0 Å². The smallest absolute Gasteiger partial charge is 0.0501 e. The second-order valence-corrected chi connectivity index (χ2v) is 4.59. The van der Waals surface area contributed by atoms with Crippen molar-refractivity contribution in [2.45, 2.75) is 25.8 Å². The Kier molecular flexibility index (Phi) is 4.49. The minimum Gasteiger partial charge on any atom is -0.398 e. The first-order valence-electron chi connectivity index (χ1n) is 6.48. The van der Waals surface area contributed by atoms with Gasteiger partial charge in [0.1, 0.15) is 0 Å². The maximum absolute atomic E-state index is 5.94. The van der Waals surface area contributed by atoms with E-state index >= 15 is 0 Å². The molecular weight excluding hydrogens is 236 g/mol. The van der Waals surface area contributed by atoms with Crippen LogP contribution in [0.4, 0.5) is 5.69 Å². The van der Waals surface area contributed by atoms with Crippen molar-refractivity contribution in [2.75, 3.05) is 5.73 Å². The fraction of sp³-hybridized carbons (Fsp3) is 0.267. The van der Waals surface area contributed by atoms with Gasteiger partial charge in [0.2, 0.25) is 0 Å². The summed E-state index contributed by atoms with van der Waals surface area (Å²) in [5.41, 5.74) is 13.0. The maximum Gasteiger partial charge on any atom is 0.0501 e. The molecule has 1 atom stereocenters. The van der Waals surface area contributed by atoms with Crippen molar-refractivity contribution in [1.29, 1.82) is 0 Å². The molecule has 0 aliphatic rings. The van der Waals surface area contributed by atoms with Crippen LogP contribution in [0.5, 0.6) is 0 Å². The van der Waals surface area contributed by atoms with Crippen molar-refractivity contribution >= 4 is 5.69 Å². The van der Waals surface area contributed by atoms with E-state index in [1.807, 2.05) is 6.07 Å². The number of pyridine rings is 1. The predicted octanol–water partition coefficient (Wildman–Crippen LogP) is 1.97. The van der Waals surface area contributed by atoms with Gasteiger partial charge in [-0.1, -0.05) is 31.2 Å². The molecule has 0 radical (unpaired) electrons. The third-order valence-electron chi connectivity index (χ3n) is 3.36. The Labute approximate surface area is 113 Å². The van der Waals surface area contributed by atoms with Crippen molar-refractivity contribution < 1.29 is 0 Å². The van der Waals surface area contributed by atoms with Crippen LogP contribution in [0.15, 0.2) is 42.7 Å². The minimum atomic E-state index is 0.0393. The number of nitrogens with one attached hydrogen (secondary N) is 1. The van der Waals surface area contributed by atoms with E-state index in [0.717, 1.165) is 29.7 Å². The minimum absolute atomic E-state index is 0.0393. The Bertz CT molecular complexity index is 522. The second kappa shape index (κ2) is 6.31. The first-order valence-corrected chi connectivity index (χ1v) is 6.48. The van der Waals surface area contributed by atoms with Crippen LogP contribution in [0.25, 0.3) is 0 Å². The lowest BCUT2D eigenvalue weighted by Gasteiger charge is -2.17. The third-order valence-corrected chi connectivity index (χ3v) is 3.36. The fourth-order valence-corrected chi connectivity index (χ4v) is 2.09. The lowest BCUT2D eigenvalue weighted by atomic mass is 9.98. The van der Waals surface area contributed by atoms with Gasteiger partial charge in [0.05, 0.1) is 6.04 Å². The topological polar surface area (TPSA) is 77.0 Å². The molecule has 1 aromatic carbocycles. The molecule has 4 nitrogen and oxygen atoms in total. The van der Waals surface area contributed by atoms with Gasteiger partial charge in [0, 0.05) is 18.1 Å². The average Bonchev–Trinajstić information content (AvgIpc) is 2.47. The van der Waals surface area contributed by atoms with E-state index in [4.69, 9.17) is 11.6 Å². The number of rotatable bonds is 5. The Morgan fingerprint density at radius 2 is 1.95 bits per heavy atom. The molecule has 0 saturated carbocycles. The van der Waals surface area contributed by atoms with Gasteiger partial charge in [0.15, 0.2) is 0 Å². The average molecular weight is 256 g/mol. The van der Waals surface area contributed by atoms with Crippen LogP contribution in [0.1, 0.15) is 29.7 Å². The number of hydrogen-bond acceptors (Lipinski definition) is 4. The summed E-state index contributed by atoms with van der Waals surface area (Å²) in [5.74, 6) is 5.66. The summed E-state index contributed by atoms with van der Waals surface area (Å²) in [5, 5.41) is 0. The standard InChI is InChI=1S/C15H20N4/c1-2-11-3-5-12(6-4-11)15(19-17)9-13-10-18-8-7-14(13)16/h3-8,10,15,19H,2,9,17H2,1H3,(H2,16,18). The van der Waals surface area contributed by atoms with Crippen molar-refractivity contribution in [2.24, 2.45) is 5.84 Å². The molecule has 0 fully saturated rings. The Morgan fingerprint density at radius 3 is 2.53 bits per heavy atom. The van der Waals surface area contributed by atoms with Crippen molar-refractivity contribution in [3.8, 4) is 0 Å². The number of aryl methyl sites for hydroxylation is 1. The zero-order valence-corrected chi connectivity index (χ0v) is 11.1. The van der Waals surface area contributed by atoms with E-state index in [0.29, 0.717) is 0 Å². The monoisotopic (exact) mass is 256 g/mol. The lowest BCUT2D eigenvalue weighted by Crippen LogP contribution is -2.29. The van der Waals surface area contributed by atoms with Crippen LogP contribution in [0.2, 0.25) is 0 Å². The first kappa shape index (κ1) is 13.5. The molecule has 0 spiro atoms. The van der Waals surface area contributed by atoms with Crippen molar-refractivity contribution in [1.82, 2.24) is 10.4 Å². The molecule has 2 aromatic rings. The number of nitrogens with zero attached hydrogens (tertiary/aromatic N) is 1. The Balaban J connectivity index is 2.17. The SMILES string of the molecule is CCc1ccc(C(Cc2cnccc2N)NN)cc1. The first-order chi connectivity index (χ1) is 9.24. The van der Waals surface area contributed by atoms with Crippen molar-refractivity contribution in [3.05, 3.63) is 59.4 Å². The number of hydrazine groups is 1. The zero-order chi connectivity index (χ0) is 13.7. The molecule has 0 saturated heterocycles. The van der Waals surface area contributed by atoms with Gasteiger partial charge >= 0.3 is 0 Å². The van der Waals surface area contributed by atoms with Crippen LogP contribution in [0.3, 0.4) is 0 Å². The molecule has 0 aliphatic heterocycles. The summed E-state index contributed by atoms with van der Waals surface area (Å²) in [6.45, 7) is 2.14. The summed E-state index contributed by atoms with van der Waals surface area (Å²) in [6, 6.07) is 10.3. The fourth-order valence-electron chi connectivity index (χ4n) is 2.09. The molecule has 1 heterocycles.